The lowest BCUT2D eigenvalue weighted by Gasteiger charge is -2.27. The van der Waals surface area contributed by atoms with E-state index < -0.39 is 0 Å². The zero-order valence-electron chi connectivity index (χ0n) is 10.9. The zero-order chi connectivity index (χ0) is 13.0. The molecule has 0 unspecified atom stereocenters. The van der Waals surface area contributed by atoms with Crippen molar-refractivity contribution >= 4 is 0 Å². The largest absolute Gasteiger partial charge is 0.504 e. The van der Waals surface area contributed by atoms with E-state index >= 15 is 0 Å². The van der Waals surface area contributed by atoms with Crippen LogP contribution in [0.4, 0.5) is 0 Å². The molecule has 2 rings (SSSR count). The Balaban J connectivity index is 1.85. The molecule has 3 N–H and O–H groups in total. The topological polar surface area (TPSA) is 55.7 Å². The van der Waals surface area contributed by atoms with Crippen molar-refractivity contribution in [1.82, 2.24) is 10.2 Å². The van der Waals surface area contributed by atoms with E-state index in [1.54, 1.807) is 12.1 Å². The van der Waals surface area contributed by atoms with Crippen LogP contribution in [-0.4, -0.2) is 41.8 Å². The van der Waals surface area contributed by atoms with Gasteiger partial charge < -0.3 is 20.4 Å². The Kier molecular flexibility index (Phi) is 4.44. The van der Waals surface area contributed by atoms with Gasteiger partial charge in [0.15, 0.2) is 11.5 Å². The molecule has 0 atom stereocenters. The van der Waals surface area contributed by atoms with Crippen LogP contribution < -0.4 is 5.32 Å². The summed E-state index contributed by atoms with van der Waals surface area (Å²) in [4.78, 5) is 2.28. The van der Waals surface area contributed by atoms with Gasteiger partial charge in [-0.2, -0.15) is 0 Å². The Morgan fingerprint density at radius 1 is 1.22 bits per heavy atom. The fraction of sp³-hybridized carbons (Fsp3) is 0.571. The molecule has 1 fully saturated rings. The maximum Gasteiger partial charge on any atom is 0.157 e. The lowest BCUT2D eigenvalue weighted by Crippen LogP contribution is -2.34. The highest BCUT2D eigenvalue weighted by Crippen LogP contribution is 2.25. The maximum absolute atomic E-state index is 9.46. The molecule has 1 aliphatic rings. The van der Waals surface area contributed by atoms with E-state index in [1.165, 1.54) is 12.8 Å². The van der Waals surface area contributed by atoms with Gasteiger partial charge in [-0.25, -0.2) is 0 Å². The van der Waals surface area contributed by atoms with Crippen LogP contribution in [0.15, 0.2) is 18.2 Å². The third kappa shape index (κ3) is 3.62. The summed E-state index contributed by atoms with van der Waals surface area (Å²) in [6.07, 6.45) is 2.48. The van der Waals surface area contributed by atoms with E-state index in [9.17, 15) is 10.2 Å². The molecule has 4 heteroatoms. The van der Waals surface area contributed by atoms with Crippen LogP contribution in [0.2, 0.25) is 0 Å². The molecule has 1 aromatic rings. The van der Waals surface area contributed by atoms with Crippen molar-refractivity contribution in [2.24, 2.45) is 5.92 Å². The van der Waals surface area contributed by atoms with Gasteiger partial charge in [-0.15, -0.1) is 0 Å². The standard InChI is InChI=1S/C14H22N2O2/c1-16(9-11-4-6-15-7-5-11)10-12-2-3-13(17)14(18)8-12/h2-3,8,11,15,17-18H,4-7,9-10H2,1H3. The first-order valence-corrected chi connectivity index (χ1v) is 6.55. The van der Waals surface area contributed by atoms with E-state index in [1.807, 2.05) is 6.07 Å². The molecule has 4 nitrogen and oxygen atoms in total. The summed E-state index contributed by atoms with van der Waals surface area (Å²) in [5.41, 5.74) is 1.03. The molecule has 1 aromatic carbocycles. The zero-order valence-corrected chi connectivity index (χ0v) is 10.9. The molecule has 1 aliphatic heterocycles. The molecular weight excluding hydrogens is 228 g/mol. The van der Waals surface area contributed by atoms with Crippen LogP contribution >= 0.6 is 0 Å². The highest BCUT2D eigenvalue weighted by Gasteiger charge is 2.15. The summed E-state index contributed by atoms with van der Waals surface area (Å²) in [6.45, 7) is 4.14. The summed E-state index contributed by atoms with van der Waals surface area (Å²) in [6, 6.07) is 5.03. The average Bonchev–Trinajstić information content (AvgIpc) is 2.35. The molecule has 0 spiro atoms. The van der Waals surface area contributed by atoms with Crippen LogP contribution in [0.3, 0.4) is 0 Å². The van der Waals surface area contributed by atoms with Crippen molar-refractivity contribution in [3.05, 3.63) is 23.8 Å². The van der Waals surface area contributed by atoms with Crippen molar-refractivity contribution < 1.29 is 10.2 Å². The number of piperidine rings is 1. The molecular formula is C14H22N2O2. The van der Waals surface area contributed by atoms with Gasteiger partial charge in [0.25, 0.3) is 0 Å². The van der Waals surface area contributed by atoms with Gasteiger partial charge in [0, 0.05) is 13.1 Å². The summed E-state index contributed by atoms with van der Waals surface area (Å²) >= 11 is 0. The van der Waals surface area contributed by atoms with Gasteiger partial charge in [-0.05, 0) is 56.6 Å². The minimum absolute atomic E-state index is 0.0391. The smallest absolute Gasteiger partial charge is 0.157 e. The monoisotopic (exact) mass is 250 g/mol. The first-order valence-electron chi connectivity index (χ1n) is 6.55. The molecule has 0 amide bonds. The predicted octanol–water partition coefficient (Wildman–Crippen LogP) is 1.53. The van der Waals surface area contributed by atoms with Crippen molar-refractivity contribution in [3.63, 3.8) is 0 Å². The van der Waals surface area contributed by atoms with Gasteiger partial charge in [0.1, 0.15) is 0 Å². The second kappa shape index (κ2) is 6.07. The number of aromatic hydroxyl groups is 2. The highest BCUT2D eigenvalue weighted by atomic mass is 16.3. The lowest BCUT2D eigenvalue weighted by molar-refractivity contribution is 0.234. The van der Waals surface area contributed by atoms with E-state index in [-0.39, 0.29) is 11.5 Å². The fourth-order valence-corrected chi connectivity index (χ4v) is 2.55. The van der Waals surface area contributed by atoms with E-state index in [0.717, 1.165) is 37.7 Å². The summed E-state index contributed by atoms with van der Waals surface area (Å²) in [5, 5.41) is 22.1. The van der Waals surface area contributed by atoms with Gasteiger partial charge in [-0.1, -0.05) is 6.07 Å². The minimum atomic E-state index is -0.0558. The third-order valence-electron chi connectivity index (χ3n) is 3.52. The molecule has 18 heavy (non-hydrogen) atoms. The Labute approximate surface area is 108 Å². The Bertz CT molecular complexity index is 389. The molecule has 1 saturated heterocycles. The van der Waals surface area contributed by atoms with Crippen LogP contribution in [0.5, 0.6) is 11.5 Å². The SMILES string of the molecule is CN(Cc1ccc(O)c(O)c1)CC1CCNCC1. The molecule has 0 saturated carbocycles. The van der Waals surface area contributed by atoms with Gasteiger partial charge >= 0.3 is 0 Å². The van der Waals surface area contributed by atoms with Crippen molar-refractivity contribution in [3.8, 4) is 11.5 Å². The molecule has 100 valence electrons. The van der Waals surface area contributed by atoms with Crippen LogP contribution in [-0.2, 0) is 6.54 Å². The van der Waals surface area contributed by atoms with Crippen molar-refractivity contribution in [2.75, 3.05) is 26.7 Å². The van der Waals surface area contributed by atoms with Crippen LogP contribution in [0.25, 0.3) is 0 Å². The lowest BCUT2D eigenvalue weighted by atomic mass is 9.97. The number of nitrogens with one attached hydrogen (secondary N) is 1. The second-order valence-corrected chi connectivity index (χ2v) is 5.21. The molecule has 0 radical (unpaired) electrons. The average molecular weight is 250 g/mol. The van der Waals surface area contributed by atoms with E-state index in [4.69, 9.17) is 0 Å². The maximum atomic E-state index is 9.46. The first kappa shape index (κ1) is 13.2. The molecule has 0 bridgehead atoms. The molecule has 1 heterocycles. The van der Waals surface area contributed by atoms with Gasteiger partial charge in [0.05, 0.1) is 0 Å². The van der Waals surface area contributed by atoms with Crippen LogP contribution in [0.1, 0.15) is 18.4 Å². The number of hydrogen-bond acceptors (Lipinski definition) is 4. The normalized spacial score (nSPS) is 17.2. The summed E-state index contributed by atoms with van der Waals surface area (Å²) in [7, 11) is 2.10. The third-order valence-corrected chi connectivity index (χ3v) is 3.52. The first-order chi connectivity index (χ1) is 8.65. The number of phenolic OH excluding ortho intramolecular Hbond substituents is 2. The van der Waals surface area contributed by atoms with Gasteiger partial charge in [-0.3, -0.25) is 0 Å². The second-order valence-electron chi connectivity index (χ2n) is 5.21. The number of rotatable bonds is 4. The number of hydrogen-bond donors (Lipinski definition) is 3. The number of phenols is 2. The van der Waals surface area contributed by atoms with Gasteiger partial charge in [0.2, 0.25) is 0 Å². The quantitative estimate of drug-likeness (QED) is 0.709. The summed E-state index contributed by atoms with van der Waals surface area (Å²) < 4.78 is 0. The van der Waals surface area contributed by atoms with E-state index in [2.05, 4.69) is 17.3 Å². The Morgan fingerprint density at radius 2 is 1.94 bits per heavy atom. The fourth-order valence-electron chi connectivity index (χ4n) is 2.55. The Hall–Kier alpha value is -1.26. The summed E-state index contributed by atoms with van der Waals surface area (Å²) in [5.74, 6) is 0.671. The number of benzene rings is 1. The van der Waals surface area contributed by atoms with Crippen molar-refractivity contribution in [1.29, 1.82) is 0 Å². The van der Waals surface area contributed by atoms with Crippen LogP contribution in [0, 0.1) is 5.92 Å². The van der Waals surface area contributed by atoms with E-state index in [0.29, 0.717) is 0 Å². The minimum Gasteiger partial charge on any atom is -0.504 e. The number of nitrogens with zero attached hydrogens (tertiary/aromatic N) is 1. The molecule has 0 aromatic heterocycles. The predicted molar refractivity (Wildman–Crippen MR) is 71.7 cm³/mol. The Morgan fingerprint density at radius 3 is 2.61 bits per heavy atom. The molecule has 0 aliphatic carbocycles. The van der Waals surface area contributed by atoms with Crippen molar-refractivity contribution in [2.45, 2.75) is 19.4 Å². The highest BCUT2D eigenvalue weighted by molar-refractivity contribution is 5.40.